The highest BCUT2D eigenvalue weighted by Crippen LogP contribution is 2.20. The number of hydrogen-bond donors (Lipinski definition) is 3. The molecule has 0 spiro atoms. The number of halogens is 1. The molecule has 0 aromatic heterocycles. The van der Waals surface area contributed by atoms with E-state index in [2.05, 4.69) is 10.6 Å². The summed E-state index contributed by atoms with van der Waals surface area (Å²) in [6, 6.07) is 13.6. The number of nitriles is 1. The predicted molar refractivity (Wildman–Crippen MR) is 99.9 cm³/mol. The third kappa shape index (κ3) is 5.36. The molecule has 6 nitrogen and oxygen atoms in total. The van der Waals surface area contributed by atoms with Gasteiger partial charge in [0.1, 0.15) is 11.6 Å². The average Bonchev–Trinajstić information content (AvgIpc) is 2.59. The second-order valence-corrected chi connectivity index (χ2v) is 5.91. The van der Waals surface area contributed by atoms with Gasteiger partial charge in [-0.1, -0.05) is 29.8 Å². The SMILES string of the molecule is Cc1ccc(NC(=O)/C(C#N)=C\Nc2ccc(CC(=O)O)cc2)cc1Cl. The summed E-state index contributed by atoms with van der Waals surface area (Å²) < 4.78 is 0. The van der Waals surface area contributed by atoms with Crippen molar-refractivity contribution in [2.24, 2.45) is 0 Å². The quantitative estimate of drug-likeness (QED) is 0.531. The Labute approximate surface area is 155 Å². The van der Waals surface area contributed by atoms with Gasteiger partial charge in [-0.3, -0.25) is 9.59 Å². The van der Waals surface area contributed by atoms with Crippen molar-refractivity contribution in [1.29, 1.82) is 5.26 Å². The van der Waals surface area contributed by atoms with Gasteiger partial charge in [0.25, 0.3) is 5.91 Å². The molecule has 2 aromatic rings. The lowest BCUT2D eigenvalue weighted by molar-refractivity contribution is -0.136. The molecule has 3 N–H and O–H groups in total. The fourth-order valence-electron chi connectivity index (χ4n) is 2.07. The van der Waals surface area contributed by atoms with Crippen molar-refractivity contribution >= 4 is 34.9 Å². The molecule has 0 aliphatic rings. The lowest BCUT2D eigenvalue weighted by atomic mass is 10.1. The van der Waals surface area contributed by atoms with Gasteiger partial charge in [-0.15, -0.1) is 0 Å². The van der Waals surface area contributed by atoms with Gasteiger partial charge in [0.2, 0.25) is 0 Å². The molecule has 0 unspecified atom stereocenters. The van der Waals surface area contributed by atoms with E-state index in [1.165, 1.54) is 6.20 Å². The Morgan fingerprint density at radius 3 is 2.42 bits per heavy atom. The van der Waals surface area contributed by atoms with Crippen molar-refractivity contribution in [3.63, 3.8) is 0 Å². The zero-order valence-corrected chi connectivity index (χ0v) is 14.7. The maximum absolute atomic E-state index is 12.2. The van der Waals surface area contributed by atoms with Crippen molar-refractivity contribution in [1.82, 2.24) is 0 Å². The van der Waals surface area contributed by atoms with Crippen LogP contribution in [0.1, 0.15) is 11.1 Å². The molecule has 0 heterocycles. The second kappa shape index (κ2) is 8.70. The number of aryl methyl sites for hydroxylation is 1. The highest BCUT2D eigenvalue weighted by molar-refractivity contribution is 6.31. The van der Waals surface area contributed by atoms with Crippen LogP contribution in [0.3, 0.4) is 0 Å². The minimum absolute atomic E-state index is 0.0684. The summed E-state index contributed by atoms with van der Waals surface area (Å²) in [6.07, 6.45) is 1.22. The number of carbonyl (C=O) groups excluding carboxylic acids is 1. The van der Waals surface area contributed by atoms with Gasteiger partial charge >= 0.3 is 5.97 Å². The molecule has 0 saturated carbocycles. The molecule has 2 rings (SSSR count). The van der Waals surface area contributed by atoms with E-state index >= 15 is 0 Å². The summed E-state index contributed by atoms with van der Waals surface area (Å²) in [4.78, 5) is 22.8. The minimum Gasteiger partial charge on any atom is -0.481 e. The van der Waals surface area contributed by atoms with Crippen LogP contribution in [0, 0.1) is 18.3 Å². The van der Waals surface area contributed by atoms with Gasteiger partial charge in [-0.2, -0.15) is 5.26 Å². The molecule has 0 fully saturated rings. The number of rotatable bonds is 6. The van der Waals surface area contributed by atoms with Crippen molar-refractivity contribution in [3.8, 4) is 6.07 Å². The molecule has 2 aromatic carbocycles. The molecule has 0 aliphatic carbocycles. The van der Waals surface area contributed by atoms with Crippen LogP contribution in [0.5, 0.6) is 0 Å². The number of nitrogens with one attached hydrogen (secondary N) is 2. The van der Waals surface area contributed by atoms with Crippen LogP contribution in [0.4, 0.5) is 11.4 Å². The summed E-state index contributed by atoms with van der Waals surface area (Å²) in [7, 11) is 0. The number of benzene rings is 2. The van der Waals surface area contributed by atoms with Gasteiger partial charge in [0.15, 0.2) is 0 Å². The molecular formula is C19H16ClN3O3. The highest BCUT2D eigenvalue weighted by atomic mass is 35.5. The summed E-state index contributed by atoms with van der Waals surface area (Å²) in [5.74, 6) is -1.48. The first-order valence-corrected chi connectivity index (χ1v) is 8.02. The summed E-state index contributed by atoms with van der Waals surface area (Å²) >= 11 is 6.02. The number of carbonyl (C=O) groups is 2. The summed E-state index contributed by atoms with van der Waals surface area (Å²) in [5.41, 5.74) is 2.54. The maximum atomic E-state index is 12.2. The zero-order valence-electron chi connectivity index (χ0n) is 13.9. The summed E-state index contributed by atoms with van der Waals surface area (Å²) in [5, 5.41) is 23.9. The topological polar surface area (TPSA) is 102 Å². The van der Waals surface area contributed by atoms with E-state index in [1.54, 1.807) is 42.5 Å². The number of amides is 1. The third-order valence-corrected chi connectivity index (χ3v) is 3.89. The Morgan fingerprint density at radius 2 is 1.85 bits per heavy atom. The fraction of sp³-hybridized carbons (Fsp3) is 0.105. The predicted octanol–water partition coefficient (Wildman–Crippen LogP) is 3.73. The molecule has 0 saturated heterocycles. The molecule has 26 heavy (non-hydrogen) atoms. The minimum atomic E-state index is -0.912. The monoisotopic (exact) mass is 369 g/mol. The van der Waals surface area contributed by atoms with Crippen LogP contribution >= 0.6 is 11.6 Å². The van der Waals surface area contributed by atoms with Crippen LogP contribution in [-0.4, -0.2) is 17.0 Å². The van der Waals surface area contributed by atoms with Gasteiger partial charge < -0.3 is 15.7 Å². The number of anilines is 2. The Hall–Kier alpha value is -3.30. The molecule has 0 bridgehead atoms. The molecule has 0 radical (unpaired) electrons. The molecular weight excluding hydrogens is 354 g/mol. The molecule has 132 valence electrons. The van der Waals surface area contributed by atoms with Crippen LogP contribution in [0.2, 0.25) is 5.02 Å². The lowest BCUT2D eigenvalue weighted by Crippen LogP contribution is -2.14. The van der Waals surface area contributed by atoms with Crippen molar-refractivity contribution in [3.05, 3.63) is 70.4 Å². The van der Waals surface area contributed by atoms with E-state index in [0.717, 1.165) is 5.56 Å². The third-order valence-electron chi connectivity index (χ3n) is 3.49. The zero-order chi connectivity index (χ0) is 19.1. The van der Waals surface area contributed by atoms with E-state index < -0.39 is 11.9 Å². The van der Waals surface area contributed by atoms with Crippen LogP contribution < -0.4 is 10.6 Å². The van der Waals surface area contributed by atoms with Gasteiger partial charge in [-0.25, -0.2) is 0 Å². The fourth-order valence-corrected chi connectivity index (χ4v) is 2.25. The van der Waals surface area contributed by atoms with E-state index in [1.807, 2.05) is 13.0 Å². The Kier molecular flexibility index (Phi) is 6.36. The average molecular weight is 370 g/mol. The highest BCUT2D eigenvalue weighted by Gasteiger charge is 2.10. The molecule has 7 heteroatoms. The normalized spacial score (nSPS) is 10.7. The smallest absolute Gasteiger partial charge is 0.307 e. The van der Waals surface area contributed by atoms with Crippen molar-refractivity contribution in [2.45, 2.75) is 13.3 Å². The van der Waals surface area contributed by atoms with E-state index in [0.29, 0.717) is 22.0 Å². The number of nitrogens with zero attached hydrogens (tertiary/aromatic N) is 1. The largest absolute Gasteiger partial charge is 0.481 e. The first-order valence-electron chi connectivity index (χ1n) is 7.64. The first-order chi connectivity index (χ1) is 12.4. The van der Waals surface area contributed by atoms with Crippen LogP contribution in [0.15, 0.2) is 54.2 Å². The molecule has 0 aliphatic heterocycles. The van der Waals surface area contributed by atoms with E-state index in [4.69, 9.17) is 16.7 Å². The Bertz CT molecular complexity index is 899. The number of hydrogen-bond acceptors (Lipinski definition) is 4. The van der Waals surface area contributed by atoms with Crippen molar-refractivity contribution in [2.75, 3.05) is 10.6 Å². The molecule has 0 atom stereocenters. The second-order valence-electron chi connectivity index (χ2n) is 5.50. The van der Waals surface area contributed by atoms with Crippen molar-refractivity contribution < 1.29 is 14.7 Å². The number of carboxylic acids is 1. The van der Waals surface area contributed by atoms with Crippen LogP contribution in [0.25, 0.3) is 0 Å². The first kappa shape index (κ1) is 19.0. The van der Waals surface area contributed by atoms with E-state index in [9.17, 15) is 14.9 Å². The maximum Gasteiger partial charge on any atom is 0.307 e. The van der Waals surface area contributed by atoms with Gasteiger partial charge in [0, 0.05) is 22.6 Å². The Morgan fingerprint density at radius 1 is 1.19 bits per heavy atom. The van der Waals surface area contributed by atoms with Gasteiger partial charge in [-0.05, 0) is 42.3 Å². The van der Waals surface area contributed by atoms with Crippen LogP contribution in [-0.2, 0) is 16.0 Å². The summed E-state index contributed by atoms with van der Waals surface area (Å²) in [6.45, 7) is 1.85. The van der Waals surface area contributed by atoms with Gasteiger partial charge in [0.05, 0.1) is 6.42 Å². The standard InChI is InChI=1S/C19H16ClN3O3/c1-12-2-5-16(9-17(12)20)23-19(26)14(10-21)11-22-15-6-3-13(4-7-15)8-18(24)25/h2-7,9,11,22H,8H2,1H3,(H,23,26)(H,24,25)/b14-11-. The number of carboxylic acid groups (broad SMARTS) is 1. The number of aliphatic carboxylic acids is 1. The lowest BCUT2D eigenvalue weighted by Gasteiger charge is -2.07. The molecule has 1 amide bonds. The van der Waals surface area contributed by atoms with E-state index in [-0.39, 0.29) is 12.0 Å². The Balaban J connectivity index is 2.04.